The highest BCUT2D eigenvalue weighted by atomic mass is 16.4. The number of likely N-dealkylation sites (N-methyl/N-ethyl adjacent to an activating group) is 1. The molecule has 1 rings (SSSR count). The molecule has 5 heteroatoms. The number of rotatable bonds is 3. The van der Waals surface area contributed by atoms with E-state index in [4.69, 9.17) is 9.52 Å². The van der Waals surface area contributed by atoms with Crippen LogP contribution in [0.5, 0.6) is 0 Å². The first-order valence-corrected chi connectivity index (χ1v) is 4.03. The van der Waals surface area contributed by atoms with Crippen LogP contribution >= 0.6 is 0 Å². The van der Waals surface area contributed by atoms with Crippen molar-refractivity contribution in [3.63, 3.8) is 0 Å². The van der Waals surface area contributed by atoms with Gasteiger partial charge in [0.1, 0.15) is 6.54 Å². The molecule has 0 aliphatic rings. The van der Waals surface area contributed by atoms with E-state index in [0.717, 1.165) is 4.90 Å². The zero-order valence-corrected chi connectivity index (χ0v) is 7.98. The lowest BCUT2D eigenvalue weighted by molar-refractivity contribution is -0.137. The van der Waals surface area contributed by atoms with Crippen LogP contribution in [0.25, 0.3) is 0 Å². The molecule has 0 aliphatic carbocycles. The summed E-state index contributed by atoms with van der Waals surface area (Å²) in [4.78, 5) is 23.0. The van der Waals surface area contributed by atoms with Crippen molar-refractivity contribution in [2.75, 3.05) is 13.6 Å². The number of aliphatic carboxylic acids is 1. The Kier molecular flexibility index (Phi) is 2.91. The monoisotopic (exact) mass is 197 g/mol. The number of carbonyl (C=O) groups excluding carboxylic acids is 1. The predicted molar refractivity (Wildman–Crippen MR) is 48.0 cm³/mol. The second-order valence-corrected chi connectivity index (χ2v) is 2.99. The Hall–Kier alpha value is -1.78. The van der Waals surface area contributed by atoms with Crippen LogP contribution in [-0.2, 0) is 4.79 Å². The maximum atomic E-state index is 11.5. The molecule has 1 N–H and O–H groups in total. The van der Waals surface area contributed by atoms with Gasteiger partial charge in [-0.3, -0.25) is 9.59 Å². The normalized spacial score (nSPS) is 9.86. The lowest BCUT2D eigenvalue weighted by Crippen LogP contribution is -2.32. The molecule has 0 saturated carbocycles. The first-order chi connectivity index (χ1) is 6.52. The van der Waals surface area contributed by atoms with Crippen molar-refractivity contribution >= 4 is 11.9 Å². The van der Waals surface area contributed by atoms with Crippen LogP contribution in [0, 0.1) is 6.92 Å². The average Bonchev–Trinajstić information content (AvgIpc) is 2.48. The Bertz CT molecular complexity index is 355. The molecule has 1 aromatic rings. The average molecular weight is 197 g/mol. The lowest BCUT2D eigenvalue weighted by Gasteiger charge is -2.12. The molecule has 0 aromatic carbocycles. The number of nitrogens with zero attached hydrogens (tertiary/aromatic N) is 1. The molecule has 14 heavy (non-hydrogen) atoms. The smallest absolute Gasteiger partial charge is 0.323 e. The van der Waals surface area contributed by atoms with E-state index in [1.807, 2.05) is 0 Å². The fourth-order valence-corrected chi connectivity index (χ4v) is 1.04. The van der Waals surface area contributed by atoms with Crippen molar-refractivity contribution in [3.05, 3.63) is 23.7 Å². The van der Waals surface area contributed by atoms with Crippen molar-refractivity contribution in [3.8, 4) is 0 Å². The topological polar surface area (TPSA) is 70.8 Å². The molecular formula is C9H11NO4. The third kappa shape index (κ3) is 2.12. The van der Waals surface area contributed by atoms with Crippen molar-refractivity contribution < 1.29 is 19.1 Å². The number of carbonyl (C=O) groups is 2. The van der Waals surface area contributed by atoms with Gasteiger partial charge in [0, 0.05) is 12.6 Å². The van der Waals surface area contributed by atoms with E-state index in [2.05, 4.69) is 0 Å². The Labute approximate surface area is 80.9 Å². The van der Waals surface area contributed by atoms with E-state index >= 15 is 0 Å². The summed E-state index contributed by atoms with van der Waals surface area (Å²) >= 11 is 0. The number of aryl methyl sites for hydroxylation is 1. The van der Waals surface area contributed by atoms with Gasteiger partial charge in [0.2, 0.25) is 0 Å². The number of hydrogen-bond acceptors (Lipinski definition) is 3. The van der Waals surface area contributed by atoms with Gasteiger partial charge in [-0.15, -0.1) is 0 Å². The standard InChI is InChI=1S/C9H11NO4/c1-6-3-4-14-8(6)9(13)10(2)5-7(11)12/h3-4H,5H2,1-2H3,(H,11,12). The molecule has 5 nitrogen and oxygen atoms in total. The zero-order chi connectivity index (χ0) is 10.7. The van der Waals surface area contributed by atoms with Crippen molar-refractivity contribution in [1.82, 2.24) is 4.90 Å². The van der Waals surface area contributed by atoms with Gasteiger partial charge in [-0.1, -0.05) is 0 Å². The largest absolute Gasteiger partial charge is 0.480 e. The van der Waals surface area contributed by atoms with Gasteiger partial charge in [0.25, 0.3) is 5.91 Å². The maximum Gasteiger partial charge on any atom is 0.323 e. The van der Waals surface area contributed by atoms with Gasteiger partial charge in [-0.05, 0) is 13.0 Å². The summed E-state index contributed by atoms with van der Waals surface area (Å²) in [5, 5.41) is 8.48. The summed E-state index contributed by atoms with van der Waals surface area (Å²) in [7, 11) is 1.42. The lowest BCUT2D eigenvalue weighted by atomic mass is 10.2. The van der Waals surface area contributed by atoms with E-state index in [-0.39, 0.29) is 12.3 Å². The summed E-state index contributed by atoms with van der Waals surface area (Å²) in [6.07, 6.45) is 1.40. The molecule has 0 fully saturated rings. The van der Waals surface area contributed by atoms with Gasteiger partial charge in [0.05, 0.1) is 6.26 Å². The summed E-state index contributed by atoms with van der Waals surface area (Å²) < 4.78 is 4.94. The fraction of sp³-hybridized carbons (Fsp3) is 0.333. The maximum absolute atomic E-state index is 11.5. The molecule has 1 aromatic heterocycles. The second-order valence-electron chi connectivity index (χ2n) is 2.99. The number of furan rings is 1. The molecule has 0 aliphatic heterocycles. The van der Waals surface area contributed by atoms with Crippen LogP contribution < -0.4 is 0 Å². The second kappa shape index (κ2) is 3.95. The van der Waals surface area contributed by atoms with E-state index < -0.39 is 11.9 Å². The zero-order valence-electron chi connectivity index (χ0n) is 7.98. The van der Waals surface area contributed by atoms with Gasteiger partial charge >= 0.3 is 5.97 Å². The van der Waals surface area contributed by atoms with Gasteiger partial charge < -0.3 is 14.4 Å². The van der Waals surface area contributed by atoms with Gasteiger partial charge in [-0.25, -0.2) is 0 Å². The Morgan fingerprint density at radius 2 is 2.21 bits per heavy atom. The minimum absolute atomic E-state index is 0.189. The summed E-state index contributed by atoms with van der Waals surface area (Å²) in [5.74, 6) is -1.28. The first-order valence-electron chi connectivity index (χ1n) is 4.03. The Balaban J connectivity index is 2.76. The van der Waals surface area contributed by atoms with Crippen LogP contribution in [0.3, 0.4) is 0 Å². The fourth-order valence-electron chi connectivity index (χ4n) is 1.04. The molecule has 0 atom stereocenters. The van der Waals surface area contributed by atoms with Crippen LogP contribution in [-0.4, -0.2) is 35.5 Å². The predicted octanol–water partition coefficient (Wildman–Crippen LogP) is 0.745. The molecular weight excluding hydrogens is 186 g/mol. The van der Waals surface area contributed by atoms with Crippen LogP contribution in [0.15, 0.2) is 16.7 Å². The molecule has 0 radical (unpaired) electrons. The minimum Gasteiger partial charge on any atom is -0.480 e. The van der Waals surface area contributed by atoms with Crippen LogP contribution in [0.4, 0.5) is 0 Å². The highest BCUT2D eigenvalue weighted by Gasteiger charge is 2.18. The Morgan fingerprint density at radius 1 is 1.57 bits per heavy atom. The van der Waals surface area contributed by atoms with Crippen LogP contribution in [0.1, 0.15) is 16.1 Å². The van der Waals surface area contributed by atoms with Crippen LogP contribution in [0.2, 0.25) is 0 Å². The van der Waals surface area contributed by atoms with Crippen molar-refractivity contribution in [2.24, 2.45) is 0 Å². The van der Waals surface area contributed by atoms with E-state index in [1.165, 1.54) is 13.3 Å². The Morgan fingerprint density at radius 3 is 2.64 bits per heavy atom. The molecule has 0 spiro atoms. The summed E-state index contributed by atoms with van der Waals surface area (Å²) in [6, 6.07) is 1.65. The van der Waals surface area contributed by atoms with Crippen molar-refractivity contribution in [1.29, 1.82) is 0 Å². The summed E-state index contributed by atoms with van der Waals surface area (Å²) in [6.45, 7) is 1.39. The third-order valence-electron chi connectivity index (χ3n) is 1.78. The third-order valence-corrected chi connectivity index (χ3v) is 1.78. The van der Waals surface area contributed by atoms with Crippen molar-refractivity contribution in [2.45, 2.75) is 6.92 Å². The highest BCUT2D eigenvalue weighted by Crippen LogP contribution is 2.10. The highest BCUT2D eigenvalue weighted by molar-refractivity contribution is 5.94. The number of amides is 1. The van der Waals surface area contributed by atoms with E-state index in [1.54, 1.807) is 13.0 Å². The number of hydrogen-bond donors (Lipinski definition) is 1. The van der Waals surface area contributed by atoms with E-state index in [0.29, 0.717) is 5.56 Å². The molecule has 0 unspecified atom stereocenters. The minimum atomic E-state index is -1.05. The van der Waals surface area contributed by atoms with Gasteiger partial charge in [0.15, 0.2) is 5.76 Å². The quantitative estimate of drug-likeness (QED) is 0.775. The van der Waals surface area contributed by atoms with E-state index in [9.17, 15) is 9.59 Å². The first kappa shape index (κ1) is 10.3. The molecule has 1 heterocycles. The molecule has 1 amide bonds. The number of carboxylic acid groups (broad SMARTS) is 1. The van der Waals surface area contributed by atoms with Gasteiger partial charge in [-0.2, -0.15) is 0 Å². The SMILES string of the molecule is Cc1ccoc1C(=O)N(C)CC(=O)O. The number of carboxylic acids is 1. The molecule has 76 valence electrons. The molecule has 0 saturated heterocycles. The summed E-state index contributed by atoms with van der Waals surface area (Å²) in [5.41, 5.74) is 0.701. The molecule has 0 bridgehead atoms.